The van der Waals surface area contributed by atoms with E-state index in [1.165, 1.54) is 11.3 Å². The molecular formula is C9H10BrNO2S. The van der Waals surface area contributed by atoms with E-state index in [-0.39, 0.29) is 12.0 Å². The SMILES string of the molecule is COC1CN(C(=O)c2ccc(Br)s2)C1. The molecule has 0 saturated carbocycles. The average Bonchev–Trinajstić information content (AvgIpc) is 2.49. The zero-order chi connectivity index (χ0) is 10.1. The first kappa shape index (κ1) is 10.1. The van der Waals surface area contributed by atoms with Gasteiger partial charge in [0.05, 0.1) is 14.8 Å². The molecule has 1 aliphatic heterocycles. The Hall–Kier alpha value is -0.390. The predicted molar refractivity (Wildman–Crippen MR) is 58.7 cm³/mol. The molecule has 0 atom stereocenters. The number of nitrogens with zero attached hydrogens (tertiary/aromatic N) is 1. The second kappa shape index (κ2) is 4.00. The third-order valence-corrected chi connectivity index (χ3v) is 3.86. The van der Waals surface area contributed by atoms with E-state index in [0.29, 0.717) is 13.1 Å². The molecule has 5 heteroatoms. The lowest BCUT2D eigenvalue weighted by atomic mass is 10.1. The van der Waals surface area contributed by atoms with Gasteiger partial charge in [0.15, 0.2) is 0 Å². The topological polar surface area (TPSA) is 29.5 Å². The zero-order valence-electron chi connectivity index (χ0n) is 7.70. The number of halogens is 1. The van der Waals surface area contributed by atoms with Crippen molar-refractivity contribution in [1.29, 1.82) is 0 Å². The van der Waals surface area contributed by atoms with Crippen molar-refractivity contribution in [2.45, 2.75) is 6.10 Å². The first-order valence-corrected chi connectivity index (χ1v) is 5.89. The average molecular weight is 276 g/mol. The Bertz CT molecular complexity index is 346. The van der Waals surface area contributed by atoms with Crippen LogP contribution < -0.4 is 0 Å². The van der Waals surface area contributed by atoms with Crippen molar-refractivity contribution in [2.75, 3.05) is 20.2 Å². The van der Waals surface area contributed by atoms with Crippen LogP contribution in [0.1, 0.15) is 9.67 Å². The van der Waals surface area contributed by atoms with Crippen molar-refractivity contribution in [1.82, 2.24) is 4.90 Å². The fourth-order valence-corrected chi connectivity index (χ4v) is 2.69. The molecule has 0 aliphatic carbocycles. The van der Waals surface area contributed by atoms with E-state index in [1.54, 1.807) is 12.0 Å². The van der Waals surface area contributed by atoms with E-state index in [4.69, 9.17) is 4.74 Å². The predicted octanol–water partition coefficient (Wildman–Crippen LogP) is 1.98. The lowest BCUT2D eigenvalue weighted by Gasteiger charge is -2.37. The monoisotopic (exact) mass is 275 g/mol. The molecule has 1 aromatic heterocycles. The number of carbonyl (C=O) groups is 1. The first-order valence-electron chi connectivity index (χ1n) is 4.28. The van der Waals surface area contributed by atoms with Crippen molar-refractivity contribution in [2.24, 2.45) is 0 Å². The van der Waals surface area contributed by atoms with E-state index in [0.717, 1.165) is 8.66 Å². The maximum absolute atomic E-state index is 11.8. The number of hydrogen-bond acceptors (Lipinski definition) is 3. The van der Waals surface area contributed by atoms with Crippen LogP contribution in [0.3, 0.4) is 0 Å². The summed E-state index contributed by atoms with van der Waals surface area (Å²) in [7, 11) is 1.67. The highest BCUT2D eigenvalue weighted by molar-refractivity contribution is 9.11. The normalized spacial score (nSPS) is 16.9. The van der Waals surface area contributed by atoms with Gasteiger partial charge in [-0.1, -0.05) is 0 Å². The Morgan fingerprint density at radius 1 is 1.64 bits per heavy atom. The van der Waals surface area contributed by atoms with E-state index in [1.807, 2.05) is 12.1 Å². The molecule has 1 fully saturated rings. The Morgan fingerprint density at radius 2 is 2.36 bits per heavy atom. The molecule has 2 heterocycles. The van der Waals surface area contributed by atoms with Gasteiger partial charge in [-0.25, -0.2) is 0 Å². The van der Waals surface area contributed by atoms with Crippen LogP contribution in [-0.4, -0.2) is 37.1 Å². The molecule has 1 saturated heterocycles. The summed E-state index contributed by atoms with van der Waals surface area (Å²) in [4.78, 5) is 14.3. The number of rotatable bonds is 2. The lowest BCUT2D eigenvalue weighted by molar-refractivity contribution is -0.0189. The second-order valence-corrected chi connectivity index (χ2v) is 5.63. The van der Waals surface area contributed by atoms with Gasteiger partial charge in [0.2, 0.25) is 0 Å². The molecule has 1 amide bonds. The van der Waals surface area contributed by atoms with Crippen molar-refractivity contribution >= 4 is 33.2 Å². The van der Waals surface area contributed by atoms with Gasteiger partial charge in [0, 0.05) is 20.2 Å². The van der Waals surface area contributed by atoms with Crippen molar-refractivity contribution in [3.05, 3.63) is 20.8 Å². The molecule has 0 aromatic carbocycles. The summed E-state index contributed by atoms with van der Waals surface area (Å²) in [5.74, 6) is 0.106. The number of likely N-dealkylation sites (tertiary alicyclic amines) is 1. The van der Waals surface area contributed by atoms with Gasteiger partial charge >= 0.3 is 0 Å². The minimum Gasteiger partial charge on any atom is -0.378 e. The van der Waals surface area contributed by atoms with Crippen LogP contribution in [0, 0.1) is 0 Å². The Balaban J connectivity index is 1.97. The molecule has 1 aliphatic rings. The molecule has 2 rings (SSSR count). The van der Waals surface area contributed by atoms with Gasteiger partial charge in [-0.05, 0) is 28.1 Å². The van der Waals surface area contributed by atoms with Crippen molar-refractivity contribution in [3.63, 3.8) is 0 Å². The summed E-state index contributed by atoms with van der Waals surface area (Å²) >= 11 is 4.81. The Kier molecular flexibility index (Phi) is 2.90. The van der Waals surface area contributed by atoms with Gasteiger partial charge in [-0.15, -0.1) is 11.3 Å². The summed E-state index contributed by atoms with van der Waals surface area (Å²) in [6.45, 7) is 1.43. The fraction of sp³-hybridized carbons (Fsp3) is 0.444. The second-order valence-electron chi connectivity index (χ2n) is 3.17. The molecule has 1 aromatic rings. The number of amides is 1. The van der Waals surface area contributed by atoms with Crippen LogP contribution in [0.15, 0.2) is 15.9 Å². The first-order chi connectivity index (χ1) is 6.70. The van der Waals surface area contributed by atoms with E-state index >= 15 is 0 Å². The number of thiophene rings is 1. The summed E-state index contributed by atoms with van der Waals surface area (Å²) < 4.78 is 6.10. The Morgan fingerprint density at radius 3 is 2.86 bits per heavy atom. The molecule has 0 N–H and O–H groups in total. The van der Waals surface area contributed by atoms with Crippen LogP contribution >= 0.6 is 27.3 Å². The third kappa shape index (κ3) is 1.85. The summed E-state index contributed by atoms with van der Waals surface area (Å²) in [5, 5.41) is 0. The quantitative estimate of drug-likeness (QED) is 0.826. The molecule has 3 nitrogen and oxygen atoms in total. The highest BCUT2D eigenvalue weighted by atomic mass is 79.9. The van der Waals surface area contributed by atoms with Gasteiger partial charge in [0.1, 0.15) is 0 Å². The molecule has 0 spiro atoms. The largest absolute Gasteiger partial charge is 0.378 e. The van der Waals surface area contributed by atoms with Crippen LogP contribution in [0.25, 0.3) is 0 Å². The van der Waals surface area contributed by atoms with Crippen LogP contribution in [0.4, 0.5) is 0 Å². The molecule has 0 unspecified atom stereocenters. The maximum Gasteiger partial charge on any atom is 0.264 e. The van der Waals surface area contributed by atoms with Crippen LogP contribution in [-0.2, 0) is 4.74 Å². The fourth-order valence-electron chi connectivity index (χ4n) is 1.34. The van der Waals surface area contributed by atoms with Gasteiger partial charge < -0.3 is 9.64 Å². The van der Waals surface area contributed by atoms with Gasteiger partial charge in [-0.2, -0.15) is 0 Å². The van der Waals surface area contributed by atoms with Crippen molar-refractivity contribution < 1.29 is 9.53 Å². The molecule has 0 radical (unpaired) electrons. The molecule has 76 valence electrons. The van der Waals surface area contributed by atoms with Gasteiger partial charge in [0.25, 0.3) is 5.91 Å². The molecular weight excluding hydrogens is 266 g/mol. The minimum atomic E-state index is 0.106. The smallest absolute Gasteiger partial charge is 0.264 e. The van der Waals surface area contributed by atoms with Crippen LogP contribution in [0.5, 0.6) is 0 Å². The van der Waals surface area contributed by atoms with Gasteiger partial charge in [-0.3, -0.25) is 4.79 Å². The van der Waals surface area contributed by atoms with E-state index < -0.39 is 0 Å². The number of hydrogen-bond donors (Lipinski definition) is 0. The highest BCUT2D eigenvalue weighted by Gasteiger charge is 2.31. The molecule has 14 heavy (non-hydrogen) atoms. The minimum absolute atomic E-state index is 0.106. The summed E-state index contributed by atoms with van der Waals surface area (Å²) in [6.07, 6.45) is 0.224. The zero-order valence-corrected chi connectivity index (χ0v) is 10.1. The van der Waals surface area contributed by atoms with E-state index in [9.17, 15) is 4.79 Å². The Labute approximate surface area is 94.8 Å². The third-order valence-electron chi connectivity index (χ3n) is 2.25. The number of carbonyl (C=O) groups excluding carboxylic acids is 1. The summed E-state index contributed by atoms with van der Waals surface area (Å²) in [6, 6.07) is 3.74. The van der Waals surface area contributed by atoms with E-state index in [2.05, 4.69) is 15.9 Å². The van der Waals surface area contributed by atoms with Crippen molar-refractivity contribution in [3.8, 4) is 0 Å². The van der Waals surface area contributed by atoms with Crippen LogP contribution in [0.2, 0.25) is 0 Å². The highest BCUT2D eigenvalue weighted by Crippen LogP contribution is 2.25. The standard InChI is InChI=1S/C9H10BrNO2S/c1-13-6-4-11(5-6)9(12)7-2-3-8(10)14-7/h2-3,6H,4-5H2,1H3. The maximum atomic E-state index is 11.8. The summed E-state index contributed by atoms with van der Waals surface area (Å²) in [5.41, 5.74) is 0. The lowest BCUT2D eigenvalue weighted by Crippen LogP contribution is -2.54. The number of methoxy groups -OCH3 is 1. The number of ether oxygens (including phenoxy) is 1. The molecule has 0 bridgehead atoms.